The monoisotopic (exact) mass is 844 g/mol. The number of esters is 1. The van der Waals surface area contributed by atoms with Gasteiger partial charge in [0.1, 0.15) is 36.3 Å². The number of hydrogen-bond acceptors (Lipinski definition) is 13. The molecule has 0 saturated carbocycles. The van der Waals surface area contributed by atoms with E-state index < -0.39 is 74.6 Å². The molecule has 3 heterocycles. The van der Waals surface area contributed by atoms with Crippen molar-refractivity contribution in [3.8, 4) is 18.1 Å². The molecule has 0 spiro atoms. The third-order valence-corrected chi connectivity index (χ3v) is 11.3. The van der Waals surface area contributed by atoms with Gasteiger partial charge in [-0.25, -0.2) is 23.1 Å². The van der Waals surface area contributed by atoms with E-state index in [0.29, 0.717) is 25.3 Å². The second kappa shape index (κ2) is 20.7. The molecule has 0 amide bonds. The Kier molecular flexibility index (Phi) is 15.7. The molecule has 5 rings (SSSR count). The lowest BCUT2D eigenvalue weighted by Crippen LogP contribution is -2.46. The summed E-state index contributed by atoms with van der Waals surface area (Å²) in [5, 5.41) is 2.61. The van der Waals surface area contributed by atoms with Gasteiger partial charge in [0.15, 0.2) is 28.7 Å². The molecule has 1 aliphatic rings. The number of benzene rings is 2. The van der Waals surface area contributed by atoms with Gasteiger partial charge >= 0.3 is 25.9 Å². The summed E-state index contributed by atoms with van der Waals surface area (Å²) in [5.41, 5.74) is 3.86. The van der Waals surface area contributed by atoms with Gasteiger partial charge in [-0.05, 0) is 48.6 Å². The number of aromatic nitrogens is 4. The summed E-state index contributed by atoms with van der Waals surface area (Å²) in [5.74, 6) is -0.448. The van der Waals surface area contributed by atoms with E-state index in [1.807, 2.05) is 20.8 Å². The van der Waals surface area contributed by atoms with Crippen LogP contribution in [-0.4, -0.2) is 69.2 Å². The molecule has 19 heteroatoms. The maximum atomic E-state index is 14.9. The molecule has 4 aromatic rings. The third kappa shape index (κ3) is 11.9. The van der Waals surface area contributed by atoms with E-state index >= 15 is 0 Å². The van der Waals surface area contributed by atoms with E-state index in [9.17, 15) is 27.3 Å². The fourth-order valence-electron chi connectivity index (χ4n) is 6.36. The van der Waals surface area contributed by atoms with Crippen molar-refractivity contribution in [1.29, 1.82) is 0 Å². The lowest BCUT2D eigenvalue weighted by Gasteiger charge is -2.31. The minimum atomic E-state index is -4.79. The maximum absolute atomic E-state index is 14.9. The van der Waals surface area contributed by atoms with Crippen molar-refractivity contribution < 1.29 is 55.3 Å². The number of halogens is 3. The maximum Gasteiger partial charge on any atom is 0.508 e. The fourth-order valence-corrected chi connectivity index (χ4v) is 7.88. The number of anilines is 1. The molecule has 2 aromatic heterocycles. The summed E-state index contributed by atoms with van der Waals surface area (Å²) >= 11 is 0. The Balaban J connectivity index is 1.48. The van der Waals surface area contributed by atoms with E-state index in [2.05, 4.69) is 26.0 Å². The highest BCUT2D eigenvalue weighted by molar-refractivity contribution is 7.52. The van der Waals surface area contributed by atoms with Gasteiger partial charge in [0.25, 0.3) is 0 Å². The lowest BCUT2D eigenvalue weighted by atomic mass is 9.99. The number of hydrogen-bond donors (Lipinski definition) is 2. The average molecular weight is 845 g/mol. The Bertz CT molecular complexity index is 2120. The van der Waals surface area contributed by atoms with E-state index in [4.69, 9.17) is 40.2 Å². The minimum absolute atomic E-state index is 0.00441. The topological polar surface area (TPSA) is 188 Å². The Morgan fingerprint density at radius 3 is 2.47 bits per heavy atom. The van der Waals surface area contributed by atoms with Crippen molar-refractivity contribution in [2.45, 2.75) is 96.1 Å². The second-order valence-electron chi connectivity index (χ2n) is 14.0. The predicted molar refractivity (Wildman–Crippen MR) is 209 cm³/mol. The molecule has 0 unspecified atom stereocenters. The van der Waals surface area contributed by atoms with Crippen LogP contribution in [0.15, 0.2) is 54.9 Å². The van der Waals surface area contributed by atoms with Gasteiger partial charge < -0.3 is 29.2 Å². The normalized spacial score (nSPS) is 19.2. The molecule has 5 atom stereocenters. The van der Waals surface area contributed by atoms with Crippen LogP contribution in [0.5, 0.6) is 5.75 Å². The largest absolute Gasteiger partial charge is 0.508 e. The van der Waals surface area contributed by atoms with E-state index in [-0.39, 0.29) is 53.8 Å². The summed E-state index contributed by atoms with van der Waals surface area (Å²) in [7, 11) is -4.79. The highest BCUT2D eigenvalue weighted by atomic mass is 31.2. The summed E-state index contributed by atoms with van der Waals surface area (Å²) in [4.78, 5) is 38.3. The number of nitrogens with one attached hydrogen (secondary N) is 1. The van der Waals surface area contributed by atoms with Crippen molar-refractivity contribution in [2.75, 3.05) is 25.6 Å². The lowest BCUT2D eigenvalue weighted by molar-refractivity contribution is -0.147. The molecule has 1 saturated heterocycles. The molecular formula is C40H48F3N6O9P. The van der Waals surface area contributed by atoms with Gasteiger partial charge in [-0.1, -0.05) is 77.0 Å². The Morgan fingerprint density at radius 1 is 1.07 bits per heavy atom. The molecule has 0 aliphatic carbocycles. The molecule has 2 aromatic carbocycles. The first-order chi connectivity index (χ1) is 28.3. The summed E-state index contributed by atoms with van der Waals surface area (Å²) in [6.07, 6.45) is 6.76. The minimum Gasteiger partial charge on any atom is -0.464 e. The molecule has 15 nitrogen and oxygen atoms in total. The molecule has 3 N–H and O–H groups in total. The zero-order valence-electron chi connectivity index (χ0n) is 33.0. The SMILES string of the molecule is C#C[C@]1(CO[P@@](=O)(N[C@@H](Cc2cc(F)cc(F)c2)C(=O)OCC(CC)CC)Oc2ccccc2)O[C@@H](n2cnc3c(N)nc(F)nc32)C[C@@H]1OC(=O)OCCCCCC. The van der Waals surface area contributed by atoms with Crippen LogP contribution < -0.4 is 15.3 Å². The standard InChI is InChI=1S/C40H48F3N6O9P/c1-5-9-10-14-17-53-39(51)56-32-22-33(49-25-45-34-35(44)46-38(43)47-36(34)49)57-40(32,8-4)24-55-59(52,58-30-15-12-11-13-16-30)48-31(37(50)54-23-26(6-2)7-3)20-27-18-28(41)21-29(42)19-27/h4,11-13,15-16,18-19,21,25-26,31-33H,5-7,9-10,14,17,20,22-24H2,1-3H3,(H,48,52)(H2,44,46,47)/t31-,32-,33+,40+,59-/m0/s1. The first-order valence-corrected chi connectivity index (χ1v) is 20.9. The first-order valence-electron chi connectivity index (χ1n) is 19.3. The Labute approximate surface area is 340 Å². The van der Waals surface area contributed by atoms with Crippen LogP contribution >= 0.6 is 7.75 Å². The summed E-state index contributed by atoms with van der Waals surface area (Å²) in [6.45, 7) is 5.16. The number of terminal acetylenes is 1. The van der Waals surface area contributed by atoms with Crippen LogP contribution in [0.25, 0.3) is 11.2 Å². The van der Waals surface area contributed by atoms with Crippen LogP contribution in [-0.2, 0) is 39.3 Å². The molecule has 1 fully saturated rings. The first kappa shape index (κ1) is 44.9. The number of fused-ring (bicyclic) bond motifs is 1. The van der Waals surface area contributed by atoms with E-state index in [1.54, 1.807) is 18.2 Å². The van der Waals surface area contributed by atoms with Crippen molar-refractivity contribution in [2.24, 2.45) is 5.92 Å². The smallest absolute Gasteiger partial charge is 0.464 e. The second-order valence-corrected chi connectivity index (χ2v) is 15.7. The number of nitrogens with zero attached hydrogens (tertiary/aromatic N) is 4. The number of nitrogen functional groups attached to an aromatic ring is 1. The molecule has 0 radical (unpaired) electrons. The third-order valence-electron chi connectivity index (χ3n) is 9.71. The molecule has 0 bridgehead atoms. The zero-order chi connectivity index (χ0) is 42.6. The number of imidazole rings is 1. The number of carbonyl (C=O) groups is 2. The van der Waals surface area contributed by atoms with Gasteiger partial charge in [-0.15, -0.1) is 6.42 Å². The van der Waals surface area contributed by atoms with Crippen LogP contribution in [0, 0.1) is 36.0 Å². The Hall–Kier alpha value is -5.21. The van der Waals surface area contributed by atoms with Gasteiger partial charge in [0.05, 0.1) is 19.5 Å². The van der Waals surface area contributed by atoms with Crippen LogP contribution in [0.2, 0.25) is 0 Å². The fraction of sp³-hybridized carbons (Fsp3) is 0.475. The van der Waals surface area contributed by atoms with Crippen molar-refractivity contribution in [3.05, 3.63) is 78.1 Å². The summed E-state index contributed by atoms with van der Waals surface area (Å²) in [6, 6.07) is 8.96. The number of ether oxygens (including phenoxy) is 4. The van der Waals surface area contributed by atoms with E-state index in [0.717, 1.165) is 31.4 Å². The molecule has 318 valence electrons. The van der Waals surface area contributed by atoms with Crippen molar-refractivity contribution in [3.63, 3.8) is 0 Å². The van der Waals surface area contributed by atoms with Gasteiger partial charge in [-0.2, -0.15) is 19.4 Å². The van der Waals surface area contributed by atoms with Gasteiger partial charge in [-0.3, -0.25) is 13.9 Å². The quantitative estimate of drug-likeness (QED) is 0.0274. The number of unbranched alkanes of at least 4 members (excludes halogenated alkanes) is 3. The van der Waals surface area contributed by atoms with Gasteiger partial charge in [0.2, 0.25) is 0 Å². The van der Waals surface area contributed by atoms with Crippen molar-refractivity contribution >= 4 is 36.9 Å². The predicted octanol–water partition coefficient (Wildman–Crippen LogP) is 7.60. The summed E-state index contributed by atoms with van der Waals surface area (Å²) < 4.78 is 94.2. The van der Waals surface area contributed by atoms with Crippen molar-refractivity contribution in [1.82, 2.24) is 24.6 Å². The van der Waals surface area contributed by atoms with Crippen LogP contribution in [0.1, 0.15) is 77.5 Å². The molecule has 1 aliphatic heterocycles. The zero-order valence-corrected chi connectivity index (χ0v) is 33.9. The van der Waals surface area contributed by atoms with Crippen LogP contribution in [0.4, 0.5) is 23.8 Å². The number of rotatable bonds is 21. The highest BCUT2D eigenvalue weighted by Crippen LogP contribution is 2.49. The van der Waals surface area contributed by atoms with Crippen LogP contribution in [0.3, 0.4) is 0 Å². The van der Waals surface area contributed by atoms with E-state index in [1.165, 1.54) is 23.0 Å². The number of para-hydroxylation sites is 1. The Morgan fingerprint density at radius 2 is 1.80 bits per heavy atom. The average Bonchev–Trinajstić information content (AvgIpc) is 3.79. The molecular weight excluding hydrogens is 796 g/mol. The number of nitrogens with two attached hydrogens (primary N) is 1. The molecule has 59 heavy (non-hydrogen) atoms. The highest BCUT2D eigenvalue weighted by Gasteiger charge is 2.53. The number of carbonyl (C=O) groups excluding carboxylic acids is 2. The van der Waals surface area contributed by atoms with Gasteiger partial charge in [0, 0.05) is 12.5 Å².